The Hall–Kier alpha value is -0.120. The van der Waals surface area contributed by atoms with Gasteiger partial charge in [0, 0.05) is 31.2 Å². The van der Waals surface area contributed by atoms with E-state index in [0.717, 1.165) is 31.7 Å². The summed E-state index contributed by atoms with van der Waals surface area (Å²) in [5.74, 6) is 1.65. The fourth-order valence-electron chi connectivity index (χ4n) is 4.53. The summed E-state index contributed by atoms with van der Waals surface area (Å²) in [6, 6.07) is 1.42. The molecule has 0 bridgehead atoms. The molecule has 2 aliphatic heterocycles. The molecule has 4 atom stereocenters. The van der Waals surface area contributed by atoms with E-state index in [1.165, 1.54) is 51.5 Å². The van der Waals surface area contributed by atoms with Crippen molar-refractivity contribution in [1.29, 1.82) is 0 Å². The van der Waals surface area contributed by atoms with Crippen molar-refractivity contribution in [3.8, 4) is 0 Å². The van der Waals surface area contributed by atoms with Gasteiger partial charge in [-0.25, -0.2) is 0 Å². The highest BCUT2D eigenvalue weighted by Crippen LogP contribution is 2.37. The normalized spacial score (nSPS) is 39.5. The lowest BCUT2D eigenvalue weighted by molar-refractivity contribution is 0.00583. The molecule has 2 unspecified atom stereocenters. The summed E-state index contributed by atoms with van der Waals surface area (Å²) in [5, 5.41) is 0. The second kappa shape index (κ2) is 5.89. The van der Waals surface area contributed by atoms with Gasteiger partial charge in [-0.05, 0) is 44.6 Å². The van der Waals surface area contributed by atoms with E-state index in [1.807, 2.05) is 0 Å². The van der Waals surface area contributed by atoms with E-state index >= 15 is 0 Å². The Morgan fingerprint density at radius 3 is 2.72 bits per heavy atom. The Kier molecular flexibility index (Phi) is 4.22. The molecule has 3 heteroatoms. The van der Waals surface area contributed by atoms with Crippen molar-refractivity contribution < 1.29 is 4.74 Å². The van der Waals surface area contributed by atoms with Crippen molar-refractivity contribution in [1.82, 2.24) is 4.90 Å². The van der Waals surface area contributed by atoms with Crippen molar-refractivity contribution >= 4 is 0 Å². The Morgan fingerprint density at radius 1 is 1.11 bits per heavy atom. The standard InChI is InChI=1S/C15H28N2O/c16-10-15(13-7-9-18-11-13)17-8-3-5-12-4-1-2-6-14(12)17/h12-15H,1-11,16H2/t12-,13?,14-,15?/m1/s1. The predicted octanol–water partition coefficient (Wildman–Crippen LogP) is 2.00. The van der Waals surface area contributed by atoms with Crippen LogP contribution in [0.3, 0.4) is 0 Å². The number of hydrogen-bond donors (Lipinski definition) is 1. The molecule has 0 aromatic carbocycles. The molecule has 0 aromatic rings. The minimum atomic E-state index is 0.582. The molecule has 2 saturated heterocycles. The number of piperidine rings is 1. The molecule has 0 radical (unpaired) electrons. The lowest BCUT2D eigenvalue weighted by atomic mass is 9.77. The van der Waals surface area contributed by atoms with Gasteiger partial charge in [0.2, 0.25) is 0 Å². The van der Waals surface area contributed by atoms with Crippen LogP contribution in [0.25, 0.3) is 0 Å². The molecule has 0 spiro atoms. The average molecular weight is 252 g/mol. The second-order valence-corrected chi connectivity index (χ2v) is 6.42. The third kappa shape index (κ3) is 2.45. The lowest BCUT2D eigenvalue weighted by Crippen LogP contribution is -2.56. The molecule has 18 heavy (non-hydrogen) atoms. The number of fused-ring (bicyclic) bond motifs is 1. The zero-order valence-electron chi connectivity index (χ0n) is 11.5. The zero-order valence-corrected chi connectivity index (χ0v) is 11.5. The number of hydrogen-bond acceptors (Lipinski definition) is 3. The maximum atomic E-state index is 6.11. The van der Waals surface area contributed by atoms with E-state index in [9.17, 15) is 0 Å². The Bertz CT molecular complexity index is 263. The number of ether oxygens (including phenoxy) is 1. The number of rotatable bonds is 3. The zero-order chi connectivity index (χ0) is 12.4. The fraction of sp³-hybridized carbons (Fsp3) is 1.00. The molecule has 104 valence electrons. The molecule has 1 aliphatic carbocycles. The van der Waals surface area contributed by atoms with E-state index in [0.29, 0.717) is 12.0 Å². The van der Waals surface area contributed by atoms with Crippen LogP contribution in [0.5, 0.6) is 0 Å². The SMILES string of the molecule is NCC(C1CCOC1)N1CCC[C@H]2CCCC[C@H]21. The molecule has 3 aliphatic rings. The minimum Gasteiger partial charge on any atom is -0.381 e. The third-order valence-electron chi connectivity index (χ3n) is 5.46. The number of nitrogens with zero attached hydrogens (tertiary/aromatic N) is 1. The van der Waals surface area contributed by atoms with Crippen LogP contribution in [-0.4, -0.2) is 43.3 Å². The van der Waals surface area contributed by atoms with Gasteiger partial charge < -0.3 is 10.5 Å². The summed E-state index contributed by atoms with van der Waals surface area (Å²) in [5.41, 5.74) is 6.11. The summed E-state index contributed by atoms with van der Waals surface area (Å²) in [6.07, 6.45) is 9.81. The first kappa shape index (κ1) is 12.9. The van der Waals surface area contributed by atoms with Crippen molar-refractivity contribution in [2.45, 2.75) is 57.0 Å². The molecule has 3 fully saturated rings. The van der Waals surface area contributed by atoms with Crippen LogP contribution < -0.4 is 5.73 Å². The van der Waals surface area contributed by atoms with E-state index < -0.39 is 0 Å². The molecule has 3 nitrogen and oxygen atoms in total. The first-order chi connectivity index (χ1) is 8.90. The predicted molar refractivity (Wildman–Crippen MR) is 73.5 cm³/mol. The summed E-state index contributed by atoms with van der Waals surface area (Å²) in [7, 11) is 0. The molecular formula is C15H28N2O. The molecule has 0 aromatic heterocycles. The fourth-order valence-corrected chi connectivity index (χ4v) is 4.53. The molecule has 3 rings (SSSR count). The molecule has 1 saturated carbocycles. The van der Waals surface area contributed by atoms with Crippen LogP contribution in [-0.2, 0) is 4.74 Å². The van der Waals surface area contributed by atoms with Crippen LogP contribution in [0.1, 0.15) is 44.9 Å². The first-order valence-corrected chi connectivity index (χ1v) is 7.93. The summed E-state index contributed by atoms with van der Waals surface area (Å²) >= 11 is 0. The largest absolute Gasteiger partial charge is 0.381 e. The number of likely N-dealkylation sites (tertiary alicyclic amines) is 1. The smallest absolute Gasteiger partial charge is 0.0510 e. The maximum absolute atomic E-state index is 6.11. The average Bonchev–Trinajstić information content (AvgIpc) is 2.94. The van der Waals surface area contributed by atoms with E-state index in [1.54, 1.807) is 0 Å². The summed E-state index contributed by atoms with van der Waals surface area (Å²) < 4.78 is 5.58. The highest BCUT2D eigenvalue weighted by Gasteiger charge is 2.39. The van der Waals surface area contributed by atoms with Gasteiger partial charge in [0.1, 0.15) is 0 Å². The van der Waals surface area contributed by atoms with Gasteiger partial charge in [-0.3, -0.25) is 4.90 Å². The minimum absolute atomic E-state index is 0.582. The molecule has 2 heterocycles. The van der Waals surface area contributed by atoms with Crippen LogP contribution in [0.2, 0.25) is 0 Å². The molecular weight excluding hydrogens is 224 g/mol. The highest BCUT2D eigenvalue weighted by molar-refractivity contribution is 4.93. The van der Waals surface area contributed by atoms with E-state index in [2.05, 4.69) is 4.90 Å². The van der Waals surface area contributed by atoms with Crippen molar-refractivity contribution in [2.24, 2.45) is 17.6 Å². The second-order valence-electron chi connectivity index (χ2n) is 6.42. The number of nitrogens with two attached hydrogens (primary N) is 1. The lowest BCUT2D eigenvalue weighted by Gasteiger charge is -2.48. The van der Waals surface area contributed by atoms with E-state index in [-0.39, 0.29) is 0 Å². The van der Waals surface area contributed by atoms with E-state index in [4.69, 9.17) is 10.5 Å². The van der Waals surface area contributed by atoms with Crippen molar-refractivity contribution in [2.75, 3.05) is 26.3 Å². The summed E-state index contributed by atoms with van der Waals surface area (Å²) in [4.78, 5) is 2.78. The van der Waals surface area contributed by atoms with Gasteiger partial charge in [0.25, 0.3) is 0 Å². The van der Waals surface area contributed by atoms with Crippen molar-refractivity contribution in [3.05, 3.63) is 0 Å². The van der Waals surface area contributed by atoms with Gasteiger partial charge in [0.15, 0.2) is 0 Å². The van der Waals surface area contributed by atoms with Crippen LogP contribution in [0.15, 0.2) is 0 Å². The van der Waals surface area contributed by atoms with Crippen LogP contribution in [0, 0.1) is 11.8 Å². The monoisotopic (exact) mass is 252 g/mol. The van der Waals surface area contributed by atoms with Gasteiger partial charge in [-0.1, -0.05) is 12.8 Å². The van der Waals surface area contributed by atoms with Gasteiger partial charge in [0.05, 0.1) is 6.61 Å². The third-order valence-corrected chi connectivity index (χ3v) is 5.46. The first-order valence-electron chi connectivity index (χ1n) is 7.93. The maximum Gasteiger partial charge on any atom is 0.0510 e. The quantitative estimate of drug-likeness (QED) is 0.835. The van der Waals surface area contributed by atoms with Gasteiger partial charge in [-0.15, -0.1) is 0 Å². The topological polar surface area (TPSA) is 38.5 Å². The van der Waals surface area contributed by atoms with Crippen LogP contribution in [0.4, 0.5) is 0 Å². The van der Waals surface area contributed by atoms with Gasteiger partial charge >= 0.3 is 0 Å². The molecule has 0 amide bonds. The van der Waals surface area contributed by atoms with Crippen LogP contribution >= 0.6 is 0 Å². The summed E-state index contributed by atoms with van der Waals surface area (Å²) in [6.45, 7) is 3.98. The van der Waals surface area contributed by atoms with Crippen molar-refractivity contribution in [3.63, 3.8) is 0 Å². The Morgan fingerprint density at radius 2 is 1.94 bits per heavy atom. The molecule has 2 N–H and O–H groups in total. The van der Waals surface area contributed by atoms with Gasteiger partial charge in [-0.2, -0.15) is 0 Å². The highest BCUT2D eigenvalue weighted by atomic mass is 16.5. The Balaban J connectivity index is 1.71. The Labute approximate surface area is 111 Å².